The maximum atomic E-state index is 13.0. The lowest BCUT2D eigenvalue weighted by molar-refractivity contribution is 0.628. The molecule has 0 aliphatic heterocycles. The first-order chi connectivity index (χ1) is 11.6. The molecule has 118 valence electrons. The summed E-state index contributed by atoms with van der Waals surface area (Å²) in [5, 5.41) is 15.2. The lowest BCUT2D eigenvalue weighted by Crippen LogP contribution is -2.01. The predicted molar refractivity (Wildman–Crippen MR) is 90.9 cm³/mol. The quantitative estimate of drug-likeness (QED) is 0.750. The highest BCUT2D eigenvalue weighted by atomic mass is 19.1. The average molecular weight is 319 g/mol. The highest BCUT2D eigenvalue weighted by molar-refractivity contribution is 5.64. The second kappa shape index (κ2) is 6.75. The summed E-state index contributed by atoms with van der Waals surface area (Å²) in [6.07, 6.45) is 0. The number of aromatic nitrogens is 2. The van der Waals surface area contributed by atoms with E-state index in [1.54, 1.807) is 43.3 Å². The van der Waals surface area contributed by atoms with Crippen LogP contribution in [0.15, 0.2) is 54.6 Å². The van der Waals surface area contributed by atoms with Crippen molar-refractivity contribution in [3.63, 3.8) is 0 Å². The first kappa shape index (κ1) is 15.4. The molecule has 0 atom stereocenters. The van der Waals surface area contributed by atoms with Gasteiger partial charge in [-0.1, -0.05) is 6.07 Å². The van der Waals surface area contributed by atoms with Crippen LogP contribution in [0.2, 0.25) is 0 Å². The zero-order valence-electron chi connectivity index (χ0n) is 12.9. The van der Waals surface area contributed by atoms with Crippen LogP contribution < -0.4 is 10.6 Å². The minimum absolute atomic E-state index is 0.292. The molecule has 24 heavy (non-hydrogen) atoms. The van der Waals surface area contributed by atoms with Gasteiger partial charge in [-0.2, -0.15) is 5.26 Å². The Balaban J connectivity index is 1.83. The van der Waals surface area contributed by atoms with Gasteiger partial charge < -0.3 is 10.6 Å². The fourth-order valence-electron chi connectivity index (χ4n) is 2.19. The van der Waals surface area contributed by atoms with Crippen molar-refractivity contribution in [2.75, 3.05) is 10.6 Å². The predicted octanol–water partition coefficient (Wildman–Crippen LogP) is 4.28. The standard InChI is InChI=1S/C18H14FN5/c1-12-21-17(23-15-7-5-14(19)6-8-15)10-18(22-12)24-16-4-2-3-13(9-16)11-20/h2-10H,1H3,(H2,21,22,23,24). The van der Waals surface area contributed by atoms with E-state index in [1.807, 2.05) is 6.07 Å². The number of hydrogen-bond acceptors (Lipinski definition) is 5. The van der Waals surface area contributed by atoms with Gasteiger partial charge in [-0.15, -0.1) is 0 Å². The molecule has 6 heteroatoms. The van der Waals surface area contributed by atoms with Crippen molar-refractivity contribution in [3.05, 3.63) is 71.8 Å². The number of rotatable bonds is 4. The molecule has 0 radical (unpaired) electrons. The minimum atomic E-state index is -0.292. The van der Waals surface area contributed by atoms with Gasteiger partial charge in [0, 0.05) is 17.4 Å². The third-order valence-electron chi connectivity index (χ3n) is 3.22. The SMILES string of the molecule is Cc1nc(Nc2ccc(F)cc2)cc(Nc2cccc(C#N)c2)n1. The molecule has 0 fully saturated rings. The Morgan fingerprint density at radius 1 is 0.917 bits per heavy atom. The van der Waals surface area contributed by atoms with Crippen LogP contribution in [0.3, 0.4) is 0 Å². The van der Waals surface area contributed by atoms with Crippen molar-refractivity contribution in [3.8, 4) is 6.07 Å². The maximum absolute atomic E-state index is 13.0. The van der Waals surface area contributed by atoms with E-state index in [1.165, 1.54) is 12.1 Å². The van der Waals surface area contributed by atoms with Gasteiger partial charge in [0.05, 0.1) is 11.6 Å². The van der Waals surface area contributed by atoms with Crippen LogP contribution in [0.25, 0.3) is 0 Å². The Labute approximate surface area is 138 Å². The summed E-state index contributed by atoms with van der Waals surface area (Å²) < 4.78 is 13.0. The van der Waals surface area contributed by atoms with Crippen LogP contribution in [0.1, 0.15) is 11.4 Å². The van der Waals surface area contributed by atoms with Gasteiger partial charge in [0.25, 0.3) is 0 Å². The molecular weight excluding hydrogens is 305 g/mol. The van der Waals surface area contributed by atoms with Crippen molar-refractivity contribution in [1.82, 2.24) is 9.97 Å². The minimum Gasteiger partial charge on any atom is -0.340 e. The molecule has 0 spiro atoms. The Hall–Kier alpha value is -3.46. The van der Waals surface area contributed by atoms with Crippen LogP contribution in [0.4, 0.5) is 27.4 Å². The molecule has 1 heterocycles. The summed E-state index contributed by atoms with van der Waals surface area (Å²) >= 11 is 0. The van der Waals surface area contributed by atoms with Crippen molar-refractivity contribution in [2.24, 2.45) is 0 Å². The zero-order chi connectivity index (χ0) is 16.9. The monoisotopic (exact) mass is 319 g/mol. The number of aryl methyl sites for hydroxylation is 1. The summed E-state index contributed by atoms with van der Waals surface area (Å²) in [7, 11) is 0. The number of nitrogens with zero attached hydrogens (tertiary/aromatic N) is 3. The van der Waals surface area contributed by atoms with Crippen molar-refractivity contribution in [1.29, 1.82) is 5.26 Å². The average Bonchev–Trinajstić information content (AvgIpc) is 2.56. The van der Waals surface area contributed by atoms with Gasteiger partial charge in [-0.05, 0) is 49.4 Å². The van der Waals surface area contributed by atoms with Crippen LogP contribution >= 0.6 is 0 Å². The number of hydrogen-bond donors (Lipinski definition) is 2. The Kier molecular flexibility index (Phi) is 4.34. The highest BCUT2D eigenvalue weighted by Gasteiger charge is 2.04. The number of benzene rings is 2. The second-order valence-electron chi connectivity index (χ2n) is 5.14. The maximum Gasteiger partial charge on any atom is 0.136 e. The van der Waals surface area contributed by atoms with E-state index in [0.717, 1.165) is 11.4 Å². The molecule has 1 aromatic heterocycles. The van der Waals surface area contributed by atoms with Gasteiger partial charge in [-0.25, -0.2) is 14.4 Å². The third-order valence-corrected chi connectivity index (χ3v) is 3.22. The lowest BCUT2D eigenvalue weighted by atomic mass is 10.2. The van der Waals surface area contributed by atoms with Crippen LogP contribution in [-0.4, -0.2) is 9.97 Å². The smallest absolute Gasteiger partial charge is 0.136 e. The van der Waals surface area contributed by atoms with E-state index in [4.69, 9.17) is 5.26 Å². The van der Waals surface area contributed by atoms with Crippen molar-refractivity contribution >= 4 is 23.0 Å². The molecule has 2 aromatic carbocycles. The molecule has 0 aliphatic rings. The molecule has 3 aromatic rings. The first-order valence-electron chi connectivity index (χ1n) is 7.28. The molecule has 5 nitrogen and oxygen atoms in total. The molecule has 0 saturated carbocycles. The summed E-state index contributed by atoms with van der Waals surface area (Å²) in [6, 6.07) is 17.0. The van der Waals surface area contributed by atoms with Gasteiger partial charge in [0.15, 0.2) is 0 Å². The van der Waals surface area contributed by atoms with Crippen molar-refractivity contribution in [2.45, 2.75) is 6.92 Å². The van der Waals surface area contributed by atoms with Crippen LogP contribution in [0, 0.1) is 24.1 Å². The summed E-state index contributed by atoms with van der Waals surface area (Å²) in [5.41, 5.74) is 2.06. The van der Waals surface area contributed by atoms with E-state index < -0.39 is 0 Å². The number of nitrogens with one attached hydrogen (secondary N) is 2. The molecule has 0 bridgehead atoms. The zero-order valence-corrected chi connectivity index (χ0v) is 12.9. The van der Waals surface area contributed by atoms with Crippen LogP contribution in [-0.2, 0) is 0 Å². The highest BCUT2D eigenvalue weighted by Crippen LogP contribution is 2.21. The lowest BCUT2D eigenvalue weighted by Gasteiger charge is -2.10. The second-order valence-corrected chi connectivity index (χ2v) is 5.14. The normalized spacial score (nSPS) is 10.0. The van der Waals surface area contributed by atoms with E-state index >= 15 is 0 Å². The largest absolute Gasteiger partial charge is 0.340 e. The van der Waals surface area contributed by atoms with Crippen molar-refractivity contribution < 1.29 is 4.39 Å². The van der Waals surface area contributed by atoms with E-state index in [2.05, 4.69) is 26.7 Å². The Morgan fingerprint density at radius 2 is 1.58 bits per heavy atom. The molecule has 0 saturated heterocycles. The number of halogens is 1. The summed E-state index contributed by atoms with van der Waals surface area (Å²) in [6.45, 7) is 1.78. The molecule has 2 N–H and O–H groups in total. The fraction of sp³-hybridized carbons (Fsp3) is 0.0556. The Bertz CT molecular complexity index is 900. The van der Waals surface area contributed by atoms with E-state index in [9.17, 15) is 4.39 Å². The van der Waals surface area contributed by atoms with Gasteiger partial charge in [0.2, 0.25) is 0 Å². The van der Waals surface area contributed by atoms with Gasteiger partial charge >= 0.3 is 0 Å². The van der Waals surface area contributed by atoms with E-state index in [-0.39, 0.29) is 5.82 Å². The summed E-state index contributed by atoms with van der Waals surface area (Å²) in [4.78, 5) is 8.65. The topological polar surface area (TPSA) is 73.6 Å². The Morgan fingerprint density at radius 3 is 2.25 bits per heavy atom. The third kappa shape index (κ3) is 3.84. The van der Waals surface area contributed by atoms with Gasteiger partial charge in [0.1, 0.15) is 23.3 Å². The summed E-state index contributed by atoms with van der Waals surface area (Å²) in [5.74, 6) is 1.48. The molecule has 3 rings (SSSR count). The molecule has 0 aliphatic carbocycles. The van der Waals surface area contributed by atoms with E-state index in [0.29, 0.717) is 23.0 Å². The number of anilines is 4. The molecule has 0 unspecified atom stereocenters. The fourth-order valence-corrected chi connectivity index (χ4v) is 2.19. The van der Waals surface area contributed by atoms with Crippen LogP contribution in [0.5, 0.6) is 0 Å². The molecular formula is C18H14FN5. The number of nitriles is 1. The molecule has 0 amide bonds. The first-order valence-corrected chi connectivity index (χ1v) is 7.28. The van der Waals surface area contributed by atoms with Gasteiger partial charge in [-0.3, -0.25) is 0 Å².